The number of para-hydroxylation sites is 1. The maximum atomic E-state index is 12.8. The van der Waals surface area contributed by atoms with Gasteiger partial charge in [0.25, 0.3) is 0 Å². The molecule has 3 aromatic rings. The predicted molar refractivity (Wildman–Crippen MR) is 121 cm³/mol. The van der Waals surface area contributed by atoms with Crippen LogP contribution in [-0.2, 0) is 22.6 Å². The largest absolute Gasteiger partial charge is 0.487 e. The highest BCUT2D eigenvalue weighted by Gasteiger charge is 2.22. The van der Waals surface area contributed by atoms with Gasteiger partial charge in [-0.25, -0.2) is 9.36 Å². The summed E-state index contributed by atoms with van der Waals surface area (Å²) in [5, 5.41) is 0.952. The molecule has 1 amide bonds. The Kier molecular flexibility index (Phi) is 6.68. The first-order chi connectivity index (χ1) is 14.6. The zero-order valence-corrected chi connectivity index (χ0v) is 18.8. The summed E-state index contributed by atoms with van der Waals surface area (Å²) < 4.78 is 13.1. The van der Waals surface area contributed by atoms with E-state index in [1.807, 2.05) is 75.4 Å². The van der Waals surface area contributed by atoms with Crippen molar-refractivity contribution in [3.8, 4) is 5.75 Å². The number of nitrogens with zero attached hydrogens (tertiary/aromatic N) is 2. The van der Waals surface area contributed by atoms with Crippen molar-refractivity contribution in [1.82, 2.24) is 9.47 Å². The molecule has 0 radical (unpaired) electrons. The van der Waals surface area contributed by atoms with Gasteiger partial charge in [-0.1, -0.05) is 30.3 Å². The molecule has 1 aromatic heterocycles. The quantitative estimate of drug-likeness (QED) is 0.559. The highest BCUT2D eigenvalue weighted by Crippen LogP contribution is 2.23. The number of hydrogen-bond donors (Lipinski definition) is 0. The molecule has 0 aliphatic carbocycles. The number of amides is 1. The van der Waals surface area contributed by atoms with Crippen LogP contribution in [0.2, 0.25) is 0 Å². The van der Waals surface area contributed by atoms with Gasteiger partial charge in [0, 0.05) is 25.9 Å². The lowest BCUT2D eigenvalue weighted by atomic mass is 10.1. The minimum atomic E-state index is -0.593. The molecule has 6 nitrogen and oxygen atoms in total. The van der Waals surface area contributed by atoms with E-state index >= 15 is 0 Å². The standard InChI is InChI=1S/C25H30N2O4/c1-25(2,3)31-24(29)27-20(16-19-8-6-7-9-22(19)27)17-30-21-13-10-18(11-14-21)12-15-23(28)26(4)5/h6-11,13-14,16H,12,15,17H2,1-5H3. The van der Waals surface area contributed by atoms with Crippen LogP contribution >= 0.6 is 0 Å². The van der Waals surface area contributed by atoms with E-state index in [9.17, 15) is 9.59 Å². The van der Waals surface area contributed by atoms with Crippen LogP contribution in [0.1, 0.15) is 38.4 Å². The van der Waals surface area contributed by atoms with Crippen molar-refractivity contribution in [3.63, 3.8) is 0 Å². The van der Waals surface area contributed by atoms with E-state index in [2.05, 4.69) is 0 Å². The molecule has 1 heterocycles. The molecule has 2 aromatic carbocycles. The second-order valence-corrected chi connectivity index (χ2v) is 8.73. The zero-order valence-electron chi connectivity index (χ0n) is 18.8. The van der Waals surface area contributed by atoms with Crippen LogP contribution in [0.5, 0.6) is 5.75 Å². The van der Waals surface area contributed by atoms with Gasteiger partial charge in [0.15, 0.2) is 0 Å². The average Bonchev–Trinajstić information content (AvgIpc) is 3.08. The number of carbonyl (C=O) groups excluding carboxylic acids is 2. The van der Waals surface area contributed by atoms with Crippen molar-refractivity contribution in [2.45, 2.75) is 45.8 Å². The first-order valence-electron chi connectivity index (χ1n) is 10.4. The topological polar surface area (TPSA) is 60.8 Å². The summed E-state index contributed by atoms with van der Waals surface area (Å²) >= 11 is 0. The lowest BCUT2D eigenvalue weighted by Crippen LogP contribution is -2.28. The number of rotatable bonds is 6. The maximum Gasteiger partial charge on any atom is 0.419 e. The Morgan fingerprint density at radius 2 is 1.68 bits per heavy atom. The number of aromatic nitrogens is 1. The molecule has 164 valence electrons. The minimum Gasteiger partial charge on any atom is -0.487 e. The van der Waals surface area contributed by atoms with Crippen LogP contribution in [0.25, 0.3) is 10.9 Å². The maximum absolute atomic E-state index is 12.8. The number of aryl methyl sites for hydroxylation is 1. The van der Waals surface area contributed by atoms with Crippen molar-refractivity contribution in [3.05, 3.63) is 65.9 Å². The van der Waals surface area contributed by atoms with Crippen LogP contribution in [0, 0.1) is 0 Å². The third kappa shape index (κ3) is 5.87. The van der Waals surface area contributed by atoms with Gasteiger partial charge >= 0.3 is 6.09 Å². The summed E-state index contributed by atoms with van der Waals surface area (Å²) in [5.74, 6) is 0.805. The molecular weight excluding hydrogens is 392 g/mol. The van der Waals surface area contributed by atoms with Crippen LogP contribution < -0.4 is 4.74 Å². The molecule has 0 aliphatic rings. The van der Waals surface area contributed by atoms with Gasteiger partial charge in [-0.15, -0.1) is 0 Å². The molecule has 0 unspecified atom stereocenters. The van der Waals surface area contributed by atoms with Crippen molar-refractivity contribution in [2.75, 3.05) is 14.1 Å². The third-order valence-corrected chi connectivity index (χ3v) is 4.80. The molecule has 6 heteroatoms. The fraction of sp³-hybridized carbons (Fsp3) is 0.360. The number of fused-ring (bicyclic) bond motifs is 1. The summed E-state index contributed by atoms with van der Waals surface area (Å²) in [4.78, 5) is 26.2. The number of hydrogen-bond acceptors (Lipinski definition) is 4. The summed E-state index contributed by atoms with van der Waals surface area (Å²) in [6.07, 6.45) is 0.737. The van der Waals surface area contributed by atoms with Crippen molar-refractivity contribution in [2.24, 2.45) is 0 Å². The Balaban J connectivity index is 1.73. The molecule has 0 fully saturated rings. The monoisotopic (exact) mass is 422 g/mol. The smallest absolute Gasteiger partial charge is 0.419 e. The summed E-state index contributed by atoms with van der Waals surface area (Å²) in [6, 6.07) is 17.3. The summed E-state index contributed by atoms with van der Waals surface area (Å²) in [7, 11) is 3.52. The fourth-order valence-corrected chi connectivity index (χ4v) is 3.23. The second-order valence-electron chi connectivity index (χ2n) is 8.73. The third-order valence-electron chi connectivity index (χ3n) is 4.80. The zero-order chi connectivity index (χ0) is 22.6. The van der Waals surface area contributed by atoms with Crippen molar-refractivity contribution < 1.29 is 19.1 Å². The fourth-order valence-electron chi connectivity index (χ4n) is 3.23. The van der Waals surface area contributed by atoms with Gasteiger partial charge in [-0.05, 0) is 57.0 Å². The molecule has 3 rings (SSSR count). The van der Waals surface area contributed by atoms with Crippen molar-refractivity contribution >= 4 is 22.9 Å². The number of carbonyl (C=O) groups is 2. The molecule has 0 atom stereocenters. The van der Waals surface area contributed by atoms with Crippen LogP contribution in [0.4, 0.5) is 4.79 Å². The molecule has 31 heavy (non-hydrogen) atoms. The van der Waals surface area contributed by atoms with Gasteiger partial charge in [-0.2, -0.15) is 0 Å². The highest BCUT2D eigenvalue weighted by molar-refractivity contribution is 5.91. The Morgan fingerprint density at radius 3 is 2.32 bits per heavy atom. The molecule has 0 saturated carbocycles. The Morgan fingerprint density at radius 1 is 1.00 bits per heavy atom. The minimum absolute atomic E-state index is 0.107. The number of ether oxygens (including phenoxy) is 2. The molecule has 0 saturated heterocycles. The van der Waals surface area contributed by atoms with E-state index < -0.39 is 11.7 Å². The lowest BCUT2D eigenvalue weighted by Gasteiger charge is -2.21. The SMILES string of the molecule is CN(C)C(=O)CCc1ccc(OCc2cc3ccccc3n2C(=O)OC(C)(C)C)cc1. The lowest BCUT2D eigenvalue weighted by molar-refractivity contribution is -0.128. The van der Waals surface area contributed by atoms with Gasteiger partial charge < -0.3 is 14.4 Å². The van der Waals surface area contributed by atoms with Crippen LogP contribution in [0.3, 0.4) is 0 Å². The number of benzene rings is 2. The van der Waals surface area contributed by atoms with E-state index in [0.717, 1.165) is 22.2 Å². The highest BCUT2D eigenvalue weighted by atomic mass is 16.6. The summed E-state index contributed by atoms with van der Waals surface area (Å²) in [6.45, 7) is 5.77. The Bertz CT molecular complexity index is 1060. The normalized spacial score (nSPS) is 11.4. The van der Waals surface area contributed by atoms with Crippen molar-refractivity contribution in [1.29, 1.82) is 0 Å². The summed E-state index contributed by atoms with van der Waals surface area (Å²) in [5.41, 5.74) is 1.99. The van der Waals surface area contributed by atoms with Gasteiger partial charge in [0.1, 0.15) is 18.0 Å². The van der Waals surface area contributed by atoms with Gasteiger partial charge in [0.05, 0.1) is 11.2 Å². The average molecular weight is 423 g/mol. The van der Waals surface area contributed by atoms with E-state index in [-0.39, 0.29) is 12.5 Å². The first-order valence-corrected chi connectivity index (χ1v) is 10.4. The van der Waals surface area contributed by atoms with E-state index in [1.165, 1.54) is 0 Å². The molecule has 0 spiro atoms. The first kappa shape index (κ1) is 22.4. The molecule has 0 N–H and O–H groups in total. The molecule has 0 aliphatic heterocycles. The van der Waals surface area contributed by atoms with Crippen LogP contribution in [0.15, 0.2) is 54.6 Å². The Labute approximate surface area is 183 Å². The van der Waals surface area contributed by atoms with Gasteiger partial charge in [0.2, 0.25) is 5.91 Å². The second kappa shape index (κ2) is 9.25. The molecule has 0 bridgehead atoms. The van der Waals surface area contributed by atoms with E-state index in [0.29, 0.717) is 18.6 Å². The van der Waals surface area contributed by atoms with Gasteiger partial charge in [-0.3, -0.25) is 4.79 Å². The van der Waals surface area contributed by atoms with Crippen LogP contribution in [-0.4, -0.2) is 41.2 Å². The van der Waals surface area contributed by atoms with E-state index in [4.69, 9.17) is 9.47 Å². The molecular formula is C25H30N2O4. The Hall–Kier alpha value is -3.28. The van der Waals surface area contributed by atoms with E-state index in [1.54, 1.807) is 23.6 Å². The predicted octanol–water partition coefficient (Wildman–Crippen LogP) is 5.02.